The summed E-state index contributed by atoms with van der Waals surface area (Å²) >= 11 is 1.36. The van der Waals surface area contributed by atoms with Gasteiger partial charge < -0.3 is 15.2 Å². The monoisotopic (exact) mass is 279 g/mol. The molecule has 1 aromatic rings. The molecule has 5 heteroatoms. The molecule has 1 aliphatic rings. The highest BCUT2D eigenvalue weighted by molar-refractivity contribution is 7.12. The van der Waals surface area contributed by atoms with Gasteiger partial charge in [0.25, 0.3) is 5.91 Å². The van der Waals surface area contributed by atoms with Crippen LogP contribution in [0.5, 0.6) is 0 Å². The van der Waals surface area contributed by atoms with E-state index in [-0.39, 0.29) is 18.6 Å². The molecule has 0 bridgehead atoms. The van der Waals surface area contributed by atoms with Crippen molar-refractivity contribution in [1.82, 2.24) is 5.32 Å². The number of ether oxygens (including phenoxy) is 1. The third-order valence-electron chi connectivity index (χ3n) is 3.23. The van der Waals surface area contributed by atoms with E-state index < -0.39 is 0 Å². The van der Waals surface area contributed by atoms with Crippen molar-refractivity contribution in [3.8, 4) is 11.8 Å². The molecule has 102 valence electrons. The Balaban J connectivity index is 1.94. The van der Waals surface area contributed by atoms with Crippen molar-refractivity contribution in [1.29, 1.82) is 0 Å². The van der Waals surface area contributed by atoms with Gasteiger partial charge in [0.15, 0.2) is 0 Å². The van der Waals surface area contributed by atoms with Crippen LogP contribution in [0.2, 0.25) is 0 Å². The van der Waals surface area contributed by atoms with Crippen molar-refractivity contribution in [2.24, 2.45) is 5.92 Å². The lowest BCUT2D eigenvalue weighted by atomic mass is 10.0. The Morgan fingerprint density at radius 2 is 2.53 bits per heavy atom. The Labute approximate surface area is 116 Å². The molecule has 4 nitrogen and oxygen atoms in total. The molecule has 2 atom stereocenters. The summed E-state index contributed by atoms with van der Waals surface area (Å²) in [6.45, 7) is 3.24. The van der Waals surface area contributed by atoms with Crippen molar-refractivity contribution in [2.45, 2.75) is 19.4 Å². The summed E-state index contributed by atoms with van der Waals surface area (Å²) in [5, 5.41) is 13.5. The number of rotatable bonds is 3. The Kier molecular flexibility index (Phi) is 4.97. The highest BCUT2D eigenvalue weighted by Crippen LogP contribution is 2.20. The molecule has 0 spiro atoms. The van der Waals surface area contributed by atoms with Gasteiger partial charge in [-0.3, -0.25) is 4.79 Å². The molecule has 1 amide bonds. The van der Waals surface area contributed by atoms with E-state index in [1.807, 2.05) is 12.3 Å². The van der Waals surface area contributed by atoms with Crippen LogP contribution in [0.4, 0.5) is 0 Å². The van der Waals surface area contributed by atoms with Crippen LogP contribution in [-0.4, -0.2) is 36.9 Å². The van der Waals surface area contributed by atoms with Crippen LogP contribution in [0, 0.1) is 17.8 Å². The first kappa shape index (κ1) is 14.1. The van der Waals surface area contributed by atoms with E-state index in [0.29, 0.717) is 22.9 Å². The van der Waals surface area contributed by atoms with E-state index in [0.717, 1.165) is 13.0 Å². The number of hydrogen-bond acceptors (Lipinski definition) is 4. The van der Waals surface area contributed by atoms with Crippen molar-refractivity contribution in [3.05, 3.63) is 21.9 Å². The van der Waals surface area contributed by atoms with Gasteiger partial charge in [-0.05, 0) is 24.8 Å². The van der Waals surface area contributed by atoms with Gasteiger partial charge in [0.1, 0.15) is 11.5 Å². The minimum Gasteiger partial charge on any atom is -0.384 e. The molecule has 1 aliphatic heterocycles. The van der Waals surface area contributed by atoms with Crippen LogP contribution < -0.4 is 5.32 Å². The number of aliphatic hydroxyl groups is 1. The molecule has 0 radical (unpaired) electrons. The first-order valence-electron chi connectivity index (χ1n) is 6.29. The van der Waals surface area contributed by atoms with Crippen LogP contribution in [-0.2, 0) is 4.74 Å². The highest BCUT2D eigenvalue weighted by atomic mass is 32.1. The zero-order chi connectivity index (χ0) is 13.7. The predicted molar refractivity (Wildman–Crippen MR) is 74.1 cm³/mol. The molecular formula is C14H17NO3S. The Bertz CT molecular complexity index is 500. The minimum absolute atomic E-state index is 0.101. The summed E-state index contributed by atoms with van der Waals surface area (Å²) in [5.41, 5.74) is 0.673. The van der Waals surface area contributed by atoms with Gasteiger partial charge in [0.2, 0.25) is 0 Å². The zero-order valence-corrected chi connectivity index (χ0v) is 11.6. The van der Waals surface area contributed by atoms with E-state index in [9.17, 15) is 4.79 Å². The lowest BCUT2D eigenvalue weighted by molar-refractivity contribution is 0.0910. The van der Waals surface area contributed by atoms with Crippen molar-refractivity contribution in [3.63, 3.8) is 0 Å². The summed E-state index contributed by atoms with van der Waals surface area (Å²) in [7, 11) is 0. The molecule has 0 aromatic carbocycles. The second-order valence-electron chi connectivity index (χ2n) is 4.46. The number of aliphatic hydroxyl groups excluding tert-OH is 1. The number of amides is 1. The molecule has 0 saturated carbocycles. The fraction of sp³-hybridized carbons (Fsp3) is 0.500. The van der Waals surface area contributed by atoms with Crippen molar-refractivity contribution >= 4 is 17.2 Å². The fourth-order valence-corrected chi connectivity index (χ4v) is 2.83. The summed E-state index contributed by atoms with van der Waals surface area (Å²) < 4.78 is 5.47. The summed E-state index contributed by atoms with van der Waals surface area (Å²) in [4.78, 5) is 12.7. The fourth-order valence-electron chi connectivity index (χ4n) is 2.07. The molecule has 2 N–H and O–H groups in total. The predicted octanol–water partition coefficient (Wildman–Crippen LogP) is 1.25. The van der Waals surface area contributed by atoms with E-state index in [4.69, 9.17) is 9.84 Å². The van der Waals surface area contributed by atoms with Gasteiger partial charge in [-0.25, -0.2) is 0 Å². The third-order valence-corrected chi connectivity index (χ3v) is 4.14. The molecule has 2 unspecified atom stereocenters. The SMILES string of the molecule is CC1OCCC1CNC(=O)c1sccc1C#CCO. The quantitative estimate of drug-likeness (QED) is 0.819. The number of thiophene rings is 1. The lowest BCUT2D eigenvalue weighted by Crippen LogP contribution is -2.31. The first-order valence-corrected chi connectivity index (χ1v) is 7.17. The number of carbonyl (C=O) groups is 1. The summed E-state index contributed by atoms with van der Waals surface area (Å²) in [5.74, 6) is 5.63. The molecule has 2 rings (SSSR count). The second kappa shape index (κ2) is 6.71. The van der Waals surface area contributed by atoms with Crippen LogP contribution in [0.1, 0.15) is 28.6 Å². The van der Waals surface area contributed by atoms with Crippen LogP contribution in [0.25, 0.3) is 0 Å². The molecule has 2 heterocycles. The average Bonchev–Trinajstić information content (AvgIpc) is 3.02. The Morgan fingerprint density at radius 3 is 3.21 bits per heavy atom. The summed E-state index contributed by atoms with van der Waals surface area (Å²) in [6, 6.07) is 1.80. The van der Waals surface area contributed by atoms with Crippen LogP contribution >= 0.6 is 11.3 Å². The van der Waals surface area contributed by atoms with Gasteiger partial charge in [0, 0.05) is 24.6 Å². The molecule has 0 aliphatic carbocycles. The Hall–Kier alpha value is -1.35. The van der Waals surface area contributed by atoms with Crippen LogP contribution in [0.15, 0.2) is 11.4 Å². The molecule has 1 aromatic heterocycles. The number of carbonyl (C=O) groups excluding carboxylic acids is 1. The standard InChI is InChI=1S/C14H17NO3S/c1-10-12(4-7-18-10)9-15-14(17)13-11(3-2-6-16)5-8-19-13/h5,8,10,12,16H,4,6-7,9H2,1H3,(H,15,17). The van der Waals surface area contributed by atoms with Crippen LogP contribution in [0.3, 0.4) is 0 Å². The first-order chi connectivity index (χ1) is 9.22. The third kappa shape index (κ3) is 3.57. The van der Waals surface area contributed by atoms with E-state index in [1.165, 1.54) is 11.3 Å². The topological polar surface area (TPSA) is 58.6 Å². The van der Waals surface area contributed by atoms with Gasteiger partial charge >= 0.3 is 0 Å². The maximum Gasteiger partial charge on any atom is 0.262 e. The average molecular weight is 279 g/mol. The van der Waals surface area contributed by atoms with Gasteiger partial charge in [0.05, 0.1) is 6.10 Å². The van der Waals surface area contributed by atoms with Gasteiger partial charge in [-0.1, -0.05) is 11.8 Å². The second-order valence-corrected chi connectivity index (χ2v) is 5.37. The molecule has 1 fully saturated rings. The maximum atomic E-state index is 12.1. The summed E-state index contributed by atoms with van der Waals surface area (Å²) in [6.07, 6.45) is 1.19. The van der Waals surface area contributed by atoms with Gasteiger partial charge in [-0.2, -0.15) is 0 Å². The minimum atomic E-state index is -0.201. The molecule has 19 heavy (non-hydrogen) atoms. The molecular weight excluding hydrogens is 262 g/mol. The Morgan fingerprint density at radius 1 is 1.68 bits per heavy atom. The highest BCUT2D eigenvalue weighted by Gasteiger charge is 2.25. The van der Waals surface area contributed by atoms with E-state index in [1.54, 1.807) is 6.07 Å². The molecule has 1 saturated heterocycles. The smallest absolute Gasteiger partial charge is 0.262 e. The largest absolute Gasteiger partial charge is 0.384 e. The van der Waals surface area contributed by atoms with E-state index >= 15 is 0 Å². The maximum absolute atomic E-state index is 12.1. The van der Waals surface area contributed by atoms with Crippen molar-refractivity contribution in [2.75, 3.05) is 19.8 Å². The van der Waals surface area contributed by atoms with Crippen molar-refractivity contribution < 1.29 is 14.6 Å². The lowest BCUT2D eigenvalue weighted by Gasteiger charge is -2.14. The van der Waals surface area contributed by atoms with E-state index in [2.05, 4.69) is 17.2 Å². The van der Waals surface area contributed by atoms with Gasteiger partial charge in [-0.15, -0.1) is 11.3 Å². The zero-order valence-electron chi connectivity index (χ0n) is 10.8. The number of nitrogens with one attached hydrogen (secondary N) is 1. The normalized spacial score (nSPS) is 21.8. The number of hydrogen-bond donors (Lipinski definition) is 2.